The molecule has 2 aromatic rings. The number of esters is 1. The van der Waals surface area contributed by atoms with Crippen LogP contribution in [-0.2, 0) is 16.7 Å². The molecule has 0 radical (unpaired) electrons. The molecule has 2 rings (SSSR count). The van der Waals surface area contributed by atoms with Gasteiger partial charge in [-0.15, -0.1) is 0 Å². The van der Waals surface area contributed by atoms with Crippen molar-refractivity contribution in [3.8, 4) is 0 Å². The Morgan fingerprint density at radius 2 is 1.76 bits per heavy atom. The van der Waals surface area contributed by atoms with Crippen LogP contribution in [0.1, 0.15) is 58.6 Å². The summed E-state index contributed by atoms with van der Waals surface area (Å²) in [6.07, 6.45) is 0. The van der Waals surface area contributed by atoms with Crippen molar-refractivity contribution in [3.63, 3.8) is 0 Å². The lowest BCUT2D eigenvalue weighted by molar-refractivity contribution is 0.0598. The summed E-state index contributed by atoms with van der Waals surface area (Å²) in [6.45, 7) is 8.37. The van der Waals surface area contributed by atoms with Gasteiger partial charge in [0.15, 0.2) is 0 Å². The van der Waals surface area contributed by atoms with E-state index in [0.29, 0.717) is 22.6 Å². The van der Waals surface area contributed by atoms with E-state index in [9.17, 15) is 9.59 Å². The zero-order valence-electron chi connectivity index (χ0n) is 15.7. The fraction of sp³-hybridized carbons (Fsp3) is 0.400. The van der Waals surface area contributed by atoms with Crippen LogP contribution in [0.25, 0.3) is 0 Å². The molecule has 25 heavy (non-hydrogen) atoms. The summed E-state index contributed by atoms with van der Waals surface area (Å²) in [5.41, 5.74) is 2.22. The molecule has 5 nitrogen and oxygen atoms in total. The molecular weight excluding hydrogens is 318 g/mol. The first-order valence-corrected chi connectivity index (χ1v) is 8.17. The first kappa shape index (κ1) is 18.8. The summed E-state index contributed by atoms with van der Waals surface area (Å²) < 4.78 is 10.3. The number of carbonyl (C=O) groups is 2. The van der Waals surface area contributed by atoms with Gasteiger partial charge >= 0.3 is 5.97 Å². The smallest absolute Gasteiger partial charge is 0.341 e. The number of nitrogens with zero attached hydrogens (tertiary/aromatic N) is 1. The van der Waals surface area contributed by atoms with E-state index in [2.05, 4.69) is 20.8 Å². The lowest BCUT2D eigenvalue weighted by Crippen LogP contribution is -2.26. The third-order valence-electron chi connectivity index (χ3n) is 4.11. The van der Waals surface area contributed by atoms with Gasteiger partial charge in [-0.3, -0.25) is 4.79 Å². The van der Waals surface area contributed by atoms with Crippen molar-refractivity contribution in [1.29, 1.82) is 0 Å². The molecular formula is C20H25NO4. The average Bonchev–Trinajstić information content (AvgIpc) is 2.93. The monoisotopic (exact) mass is 343 g/mol. The highest BCUT2D eigenvalue weighted by Gasteiger charge is 2.19. The van der Waals surface area contributed by atoms with Gasteiger partial charge in [-0.05, 0) is 36.1 Å². The second kappa shape index (κ2) is 7.13. The molecule has 0 unspecified atom stereocenters. The summed E-state index contributed by atoms with van der Waals surface area (Å²) in [4.78, 5) is 25.8. The van der Waals surface area contributed by atoms with E-state index >= 15 is 0 Å². The third-order valence-corrected chi connectivity index (χ3v) is 4.11. The fourth-order valence-corrected chi connectivity index (χ4v) is 2.57. The molecule has 1 amide bonds. The summed E-state index contributed by atoms with van der Waals surface area (Å²) in [6, 6.07) is 9.26. The van der Waals surface area contributed by atoms with Gasteiger partial charge in [0.1, 0.15) is 17.1 Å². The lowest BCUT2D eigenvalue weighted by Gasteiger charge is -2.20. The minimum atomic E-state index is -0.445. The van der Waals surface area contributed by atoms with Gasteiger partial charge < -0.3 is 14.1 Å². The molecule has 0 fully saturated rings. The SMILES string of the molecule is COC(=O)c1cc(CN(C)C(=O)c2ccc(C(C)(C)C)cc2)oc1C. The Bertz CT molecular complexity index is 766. The summed E-state index contributed by atoms with van der Waals surface area (Å²) in [7, 11) is 3.03. The molecule has 1 heterocycles. The number of amides is 1. The quantitative estimate of drug-likeness (QED) is 0.789. The number of methoxy groups -OCH3 is 1. The molecule has 0 aliphatic carbocycles. The average molecular weight is 343 g/mol. The van der Waals surface area contributed by atoms with Crippen molar-refractivity contribution in [2.75, 3.05) is 14.2 Å². The molecule has 134 valence electrons. The molecule has 0 atom stereocenters. The van der Waals surface area contributed by atoms with E-state index in [0.717, 1.165) is 0 Å². The molecule has 1 aromatic heterocycles. The van der Waals surface area contributed by atoms with Gasteiger partial charge in [0, 0.05) is 12.6 Å². The minimum Gasteiger partial charge on any atom is -0.465 e. The van der Waals surface area contributed by atoms with E-state index in [1.165, 1.54) is 12.7 Å². The van der Waals surface area contributed by atoms with Crippen LogP contribution in [0.4, 0.5) is 0 Å². The van der Waals surface area contributed by atoms with E-state index in [1.807, 2.05) is 24.3 Å². The van der Waals surface area contributed by atoms with E-state index in [-0.39, 0.29) is 17.9 Å². The second-order valence-corrected chi connectivity index (χ2v) is 7.16. The number of hydrogen-bond acceptors (Lipinski definition) is 4. The molecule has 0 spiro atoms. The Labute approximate surface area is 148 Å². The minimum absolute atomic E-state index is 0.0451. The van der Waals surface area contributed by atoms with Gasteiger partial charge in [0.25, 0.3) is 5.91 Å². The normalized spacial score (nSPS) is 11.3. The molecule has 5 heteroatoms. The summed E-state index contributed by atoms with van der Waals surface area (Å²) in [5.74, 6) is 0.477. The van der Waals surface area contributed by atoms with Crippen molar-refractivity contribution in [2.24, 2.45) is 0 Å². The number of hydrogen-bond donors (Lipinski definition) is 0. The van der Waals surface area contributed by atoms with Crippen molar-refractivity contribution in [2.45, 2.75) is 39.7 Å². The van der Waals surface area contributed by atoms with Gasteiger partial charge in [-0.2, -0.15) is 0 Å². The number of rotatable bonds is 4. The summed E-state index contributed by atoms with van der Waals surface area (Å²) in [5, 5.41) is 0. The fourth-order valence-electron chi connectivity index (χ4n) is 2.57. The van der Waals surface area contributed by atoms with Gasteiger partial charge in [0.2, 0.25) is 0 Å². The number of benzene rings is 1. The second-order valence-electron chi connectivity index (χ2n) is 7.16. The third kappa shape index (κ3) is 4.29. The Balaban J connectivity index is 2.11. The highest BCUT2D eigenvalue weighted by Crippen LogP contribution is 2.23. The standard InChI is InChI=1S/C20H25NO4/c1-13-17(19(23)24-6)11-16(25-13)12-21(5)18(22)14-7-9-15(10-8-14)20(2,3)4/h7-11H,12H2,1-6H3. The number of carbonyl (C=O) groups excluding carboxylic acids is 2. The maximum atomic E-state index is 12.6. The van der Waals surface area contributed by atoms with Crippen LogP contribution in [-0.4, -0.2) is 30.9 Å². The van der Waals surface area contributed by atoms with Crippen LogP contribution < -0.4 is 0 Å². The Morgan fingerprint density at radius 1 is 1.16 bits per heavy atom. The van der Waals surface area contributed by atoms with Crippen LogP contribution in [0, 0.1) is 6.92 Å². The summed E-state index contributed by atoms with van der Waals surface area (Å²) >= 11 is 0. The lowest BCUT2D eigenvalue weighted by atomic mass is 9.86. The zero-order valence-corrected chi connectivity index (χ0v) is 15.7. The Hall–Kier alpha value is -2.56. The first-order valence-electron chi connectivity index (χ1n) is 8.17. The van der Waals surface area contributed by atoms with Crippen LogP contribution in [0.3, 0.4) is 0 Å². The van der Waals surface area contributed by atoms with Crippen LogP contribution in [0.15, 0.2) is 34.7 Å². The number of ether oxygens (including phenoxy) is 1. The van der Waals surface area contributed by atoms with E-state index in [4.69, 9.17) is 9.15 Å². The van der Waals surface area contributed by atoms with Gasteiger partial charge in [-0.25, -0.2) is 4.79 Å². The molecule has 0 saturated heterocycles. The topological polar surface area (TPSA) is 59.8 Å². The number of furan rings is 1. The van der Waals surface area contributed by atoms with Crippen molar-refractivity contribution in [1.82, 2.24) is 4.90 Å². The maximum absolute atomic E-state index is 12.6. The number of aryl methyl sites for hydroxylation is 1. The zero-order chi connectivity index (χ0) is 18.8. The van der Waals surface area contributed by atoms with Crippen molar-refractivity contribution in [3.05, 3.63) is 58.5 Å². The Kier molecular flexibility index (Phi) is 5.36. The highest BCUT2D eigenvalue weighted by molar-refractivity contribution is 5.94. The maximum Gasteiger partial charge on any atom is 0.341 e. The highest BCUT2D eigenvalue weighted by atomic mass is 16.5. The molecule has 0 aliphatic rings. The molecule has 0 N–H and O–H groups in total. The van der Waals surface area contributed by atoms with E-state index < -0.39 is 5.97 Å². The van der Waals surface area contributed by atoms with Crippen LogP contribution in [0.2, 0.25) is 0 Å². The predicted octanol–water partition coefficient (Wildman–Crippen LogP) is 3.94. The first-order chi connectivity index (χ1) is 11.6. The molecule has 0 aliphatic heterocycles. The predicted molar refractivity (Wildman–Crippen MR) is 95.7 cm³/mol. The van der Waals surface area contributed by atoms with Gasteiger partial charge in [0.05, 0.1) is 13.7 Å². The van der Waals surface area contributed by atoms with Crippen molar-refractivity contribution >= 4 is 11.9 Å². The van der Waals surface area contributed by atoms with Crippen LogP contribution in [0.5, 0.6) is 0 Å². The molecule has 1 aromatic carbocycles. The van der Waals surface area contributed by atoms with E-state index in [1.54, 1.807) is 24.9 Å². The largest absolute Gasteiger partial charge is 0.465 e. The van der Waals surface area contributed by atoms with Crippen LogP contribution >= 0.6 is 0 Å². The van der Waals surface area contributed by atoms with Gasteiger partial charge in [-0.1, -0.05) is 32.9 Å². The van der Waals surface area contributed by atoms with Crippen molar-refractivity contribution < 1.29 is 18.7 Å². The molecule has 0 bridgehead atoms. The molecule has 0 saturated carbocycles. The Morgan fingerprint density at radius 3 is 2.28 bits per heavy atom.